The van der Waals surface area contributed by atoms with Crippen LogP contribution in [0.2, 0.25) is 5.02 Å². The van der Waals surface area contributed by atoms with E-state index in [-0.39, 0.29) is 17.4 Å². The van der Waals surface area contributed by atoms with Crippen LogP contribution in [0.1, 0.15) is 26.2 Å². The van der Waals surface area contributed by atoms with Crippen molar-refractivity contribution in [1.29, 1.82) is 0 Å². The topological polar surface area (TPSA) is 105 Å². The molecule has 2 aliphatic heterocycles. The molecule has 3 aromatic rings. The maximum atomic E-state index is 14.9. The predicted molar refractivity (Wildman–Crippen MR) is 142 cm³/mol. The van der Waals surface area contributed by atoms with E-state index >= 15 is 0 Å². The number of pyridine rings is 1. The van der Waals surface area contributed by atoms with Crippen LogP contribution in [0.4, 0.5) is 31.9 Å². The standard InChI is InChI=1S/C26H29ClF2N6O3/c1-13-7-16(36)11-35(10-13)25-30-9-18(27)23(33-25)31-15-5-6-19-17(8-15)20-21(24(37)34(19)2)38-12-26(28,29)22(32-20)14-3-4-14/h5-6,8-9,13-14,16,22,32,36H,3-4,7,10-12H2,1-2H3,(H,30,31,33)/t13-,16+,22?/m0/s1. The highest BCUT2D eigenvalue weighted by molar-refractivity contribution is 6.32. The van der Waals surface area contributed by atoms with Gasteiger partial charge in [0.05, 0.1) is 29.5 Å². The van der Waals surface area contributed by atoms with Crippen LogP contribution in [0.3, 0.4) is 0 Å². The summed E-state index contributed by atoms with van der Waals surface area (Å²) < 4.78 is 36.7. The fourth-order valence-corrected chi connectivity index (χ4v) is 5.64. The third-order valence-electron chi connectivity index (χ3n) is 7.53. The van der Waals surface area contributed by atoms with E-state index in [9.17, 15) is 18.7 Å². The molecule has 3 N–H and O–H groups in total. The van der Waals surface area contributed by atoms with E-state index in [1.54, 1.807) is 25.2 Å². The van der Waals surface area contributed by atoms with Crippen molar-refractivity contribution < 1.29 is 18.6 Å². The van der Waals surface area contributed by atoms with Crippen LogP contribution >= 0.6 is 11.6 Å². The van der Waals surface area contributed by atoms with Gasteiger partial charge in [0.25, 0.3) is 5.56 Å². The number of hydrogen-bond acceptors (Lipinski definition) is 8. The maximum absolute atomic E-state index is 14.9. The van der Waals surface area contributed by atoms with Crippen LogP contribution in [-0.2, 0) is 7.05 Å². The largest absolute Gasteiger partial charge is 0.480 e. The minimum absolute atomic E-state index is 0.111. The molecule has 2 fully saturated rings. The number of halogens is 3. The van der Waals surface area contributed by atoms with Gasteiger partial charge in [0, 0.05) is 31.2 Å². The van der Waals surface area contributed by atoms with E-state index in [4.69, 9.17) is 16.3 Å². The number of piperidine rings is 1. The van der Waals surface area contributed by atoms with Crippen molar-refractivity contribution >= 4 is 45.6 Å². The van der Waals surface area contributed by atoms with Crippen molar-refractivity contribution in [2.45, 2.75) is 44.3 Å². The number of rotatable bonds is 4. The number of aromatic nitrogens is 3. The number of alkyl halides is 2. The van der Waals surface area contributed by atoms with E-state index in [2.05, 4.69) is 27.5 Å². The lowest BCUT2D eigenvalue weighted by Gasteiger charge is -2.34. The summed E-state index contributed by atoms with van der Waals surface area (Å²) >= 11 is 6.42. The van der Waals surface area contributed by atoms with Gasteiger partial charge in [0.1, 0.15) is 5.02 Å². The van der Waals surface area contributed by atoms with Gasteiger partial charge in [-0.05, 0) is 49.3 Å². The summed E-state index contributed by atoms with van der Waals surface area (Å²) in [7, 11) is 1.59. The SMILES string of the molecule is C[C@H]1C[C@@H](O)CN(c2ncc(Cl)c(Nc3ccc4c(c3)c3c(c(=O)n4C)OCC(F)(F)C(C4CC4)N3)n2)C1. The summed E-state index contributed by atoms with van der Waals surface area (Å²) in [4.78, 5) is 23.9. The normalized spacial score (nSPS) is 24.8. The molecule has 1 aromatic carbocycles. The molecule has 6 rings (SSSR count). The third-order valence-corrected chi connectivity index (χ3v) is 7.80. The highest BCUT2D eigenvalue weighted by atomic mass is 35.5. The smallest absolute Gasteiger partial charge is 0.301 e. The van der Waals surface area contributed by atoms with Gasteiger partial charge in [-0.3, -0.25) is 4.79 Å². The molecule has 1 saturated carbocycles. The van der Waals surface area contributed by atoms with E-state index in [1.165, 1.54) is 10.8 Å². The summed E-state index contributed by atoms with van der Waals surface area (Å²) in [6.45, 7) is 2.36. The number of β-amino-alcohol motifs (C(OH)–C–C–N with tert-alkyl or cyclic N) is 1. The van der Waals surface area contributed by atoms with Gasteiger partial charge in [-0.15, -0.1) is 0 Å². The van der Waals surface area contributed by atoms with Crippen LogP contribution in [0.5, 0.6) is 5.75 Å². The van der Waals surface area contributed by atoms with Crippen molar-refractivity contribution in [2.75, 3.05) is 35.2 Å². The number of ether oxygens (including phenoxy) is 1. The van der Waals surface area contributed by atoms with Gasteiger partial charge < -0.3 is 29.9 Å². The molecule has 3 aliphatic rings. The number of fused-ring (bicyclic) bond motifs is 3. The minimum atomic E-state index is -3.11. The van der Waals surface area contributed by atoms with Crippen LogP contribution in [0.25, 0.3) is 10.9 Å². The Morgan fingerprint density at radius 3 is 2.82 bits per heavy atom. The first-order chi connectivity index (χ1) is 18.1. The number of anilines is 4. The zero-order valence-electron chi connectivity index (χ0n) is 21.0. The van der Waals surface area contributed by atoms with Crippen molar-refractivity contribution in [1.82, 2.24) is 14.5 Å². The van der Waals surface area contributed by atoms with Crippen molar-refractivity contribution in [3.8, 4) is 5.75 Å². The lowest BCUT2D eigenvalue weighted by Crippen LogP contribution is -2.44. The van der Waals surface area contributed by atoms with E-state index in [0.717, 1.165) is 6.42 Å². The monoisotopic (exact) mass is 546 g/mol. The number of nitrogens with zero attached hydrogens (tertiary/aromatic N) is 4. The molecular formula is C26H29ClF2N6O3. The number of benzene rings is 1. The molecule has 3 atom stereocenters. The molecule has 1 aliphatic carbocycles. The molecule has 4 heterocycles. The highest BCUT2D eigenvalue weighted by Gasteiger charge is 2.51. The molecule has 9 nitrogen and oxygen atoms in total. The molecule has 0 bridgehead atoms. The second kappa shape index (κ2) is 9.23. The molecule has 202 valence electrons. The molecule has 0 radical (unpaired) electrons. The first-order valence-electron chi connectivity index (χ1n) is 12.8. The van der Waals surface area contributed by atoms with Gasteiger partial charge in [0.2, 0.25) is 11.7 Å². The fourth-order valence-electron chi connectivity index (χ4n) is 5.50. The Kier molecular flexibility index (Phi) is 6.10. The highest BCUT2D eigenvalue weighted by Crippen LogP contribution is 2.45. The Labute approximate surface area is 222 Å². The number of aryl methyl sites for hydroxylation is 1. The maximum Gasteiger partial charge on any atom is 0.301 e. The van der Waals surface area contributed by atoms with Gasteiger partial charge in [-0.2, -0.15) is 4.98 Å². The second-order valence-corrected chi connectivity index (χ2v) is 11.1. The van der Waals surface area contributed by atoms with E-state index in [0.29, 0.717) is 65.2 Å². The third kappa shape index (κ3) is 4.51. The molecule has 2 aromatic heterocycles. The van der Waals surface area contributed by atoms with E-state index < -0.39 is 30.2 Å². The second-order valence-electron chi connectivity index (χ2n) is 10.7. The quantitative estimate of drug-likeness (QED) is 0.448. The average Bonchev–Trinajstić information content (AvgIpc) is 3.71. The Hall–Kier alpha value is -3.18. The summed E-state index contributed by atoms with van der Waals surface area (Å²) in [5.41, 5.74) is 0.958. The fraction of sp³-hybridized carbons (Fsp3) is 0.500. The van der Waals surface area contributed by atoms with Gasteiger partial charge in [-0.1, -0.05) is 18.5 Å². The van der Waals surface area contributed by atoms with Gasteiger partial charge >= 0.3 is 5.92 Å². The minimum Gasteiger partial charge on any atom is -0.480 e. The Balaban J connectivity index is 1.38. The molecule has 1 saturated heterocycles. The summed E-state index contributed by atoms with van der Waals surface area (Å²) in [6.07, 6.45) is 3.19. The summed E-state index contributed by atoms with van der Waals surface area (Å²) in [5, 5.41) is 17.3. The lowest BCUT2D eigenvalue weighted by molar-refractivity contribution is -0.0579. The van der Waals surface area contributed by atoms with Crippen LogP contribution in [-0.4, -0.2) is 57.4 Å². The van der Waals surface area contributed by atoms with Crippen LogP contribution in [0, 0.1) is 11.8 Å². The molecular weight excluding hydrogens is 518 g/mol. The number of aliphatic hydroxyl groups excluding tert-OH is 1. The Morgan fingerprint density at radius 1 is 1.29 bits per heavy atom. The summed E-state index contributed by atoms with van der Waals surface area (Å²) in [6, 6.07) is 4.16. The molecule has 0 spiro atoms. The number of nitrogens with one attached hydrogen (secondary N) is 2. The number of hydrogen-bond donors (Lipinski definition) is 3. The molecule has 1 unspecified atom stereocenters. The zero-order valence-corrected chi connectivity index (χ0v) is 21.8. The van der Waals surface area contributed by atoms with Crippen molar-refractivity contribution in [3.63, 3.8) is 0 Å². The average molecular weight is 547 g/mol. The number of aliphatic hydroxyl groups is 1. The Bertz CT molecular complexity index is 1450. The van der Waals surface area contributed by atoms with Gasteiger partial charge in [0.15, 0.2) is 12.4 Å². The zero-order chi connectivity index (χ0) is 26.8. The van der Waals surface area contributed by atoms with E-state index in [1.807, 2.05) is 4.90 Å². The van der Waals surface area contributed by atoms with Crippen molar-refractivity contribution in [2.24, 2.45) is 18.9 Å². The lowest BCUT2D eigenvalue weighted by atomic mass is 9.98. The summed E-state index contributed by atoms with van der Waals surface area (Å²) in [5.74, 6) is -2.29. The molecule has 38 heavy (non-hydrogen) atoms. The predicted octanol–water partition coefficient (Wildman–Crippen LogP) is 4.15. The first-order valence-corrected chi connectivity index (χ1v) is 13.1. The Morgan fingerprint density at radius 2 is 2.08 bits per heavy atom. The van der Waals surface area contributed by atoms with Crippen molar-refractivity contribution in [3.05, 3.63) is 39.8 Å². The van der Waals surface area contributed by atoms with Gasteiger partial charge in [-0.25, -0.2) is 13.8 Å². The van der Waals surface area contributed by atoms with Crippen LogP contribution < -0.4 is 25.8 Å². The van der Waals surface area contributed by atoms with Crippen LogP contribution in [0.15, 0.2) is 29.2 Å². The molecule has 0 amide bonds. The molecule has 12 heteroatoms. The first kappa shape index (κ1) is 25.1.